The lowest BCUT2D eigenvalue weighted by molar-refractivity contribution is -0.130. The van der Waals surface area contributed by atoms with Gasteiger partial charge in [-0.1, -0.05) is 74.2 Å². The van der Waals surface area contributed by atoms with Gasteiger partial charge in [-0.15, -0.1) is 10.2 Å². The molecule has 0 bridgehead atoms. The van der Waals surface area contributed by atoms with Crippen LogP contribution in [-0.2, 0) is 34.2 Å². The van der Waals surface area contributed by atoms with Crippen molar-refractivity contribution in [1.29, 1.82) is 0 Å². The quantitative estimate of drug-likeness (QED) is 0.152. The molecule has 0 radical (unpaired) electrons. The van der Waals surface area contributed by atoms with Crippen LogP contribution in [0.2, 0.25) is 0 Å². The number of aryl methyl sites for hydroxylation is 1. The topological polar surface area (TPSA) is 176 Å². The Bertz CT molecular complexity index is 1410. The molecule has 2 heterocycles. The summed E-state index contributed by atoms with van der Waals surface area (Å²) >= 11 is 1.37. The normalized spacial score (nSPS) is 16.4. The zero-order chi connectivity index (χ0) is 33.8. The van der Waals surface area contributed by atoms with Crippen molar-refractivity contribution in [3.63, 3.8) is 0 Å². The zero-order valence-corrected chi connectivity index (χ0v) is 28.5. The summed E-state index contributed by atoms with van der Waals surface area (Å²) in [5.74, 6) is -0.299. The van der Waals surface area contributed by atoms with E-state index >= 15 is 0 Å². The van der Waals surface area contributed by atoms with Crippen molar-refractivity contribution >= 4 is 29.7 Å². The first-order valence-corrected chi connectivity index (χ1v) is 17.2. The smallest absolute Gasteiger partial charge is 0.408 e. The first-order valence-electron chi connectivity index (χ1n) is 16.2. The van der Waals surface area contributed by atoms with E-state index in [0.29, 0.717) is 28.9 Å². The number of carbonyl (C=O) groups excluding carboxylic acids is 3. The Kier molecular flexibility index (Phi) is 13.2. The summed E-state index contributed by atoms with van der Waals surface area (Å²) < 4.78 is 7.22. The fraction of sp³-hybridized carbons (Fsp3) is 0.576. The summed E-state index contributed by atoms with van der Waals surface area (Å²) in [7, 11) is 1.83. The van der Waals surface area contributed by atoms with Crippen LogP contribution in [0.3, 0.4) is 0 Å². The molecule has 2 aromatic heterocycles. The molecule has 13 nitrogen and oxygen atoms in total. The van der Waals surface area contributed by atoms with Crippen molar-refractivity contribution in [1.82, 2.24) is 40.7 Å². The van der Waals surface area contributed by atoms with Crippen molar-refractivity contribution in [2.45, 2.75) is 107 Å². The van der Waals surface area contributed by atoms with E-state index in [1.54, 1.807) is 37.9 Å². The minimum Gasteiger partial charge on any atom is -0.444 e. The number of aliphatic hydroxyl groups excluding tert-OH is 1. The van der Waals surface area contributed by atoms with Crippen LogP contribution in [-0.4, -0.2) is 83.3 Å². The molecule has 0 saturated heterocycles. The highest BCUT2D eigenvalue weighted by Gasteiger charge is 2.32. The second kappa shape index (κ2) is 17.3. The number of amides is 3. The number of rotatable bonds is 15. The van der Waals surface area contributed by atoms with E-state index in [2.05, 4.69) is 36.1 Å². The van der Waals surface area contributed by atoms with Crippen molar-refractivity contribution in [3.8, 4) is 0 Å². The number of imidazole rings is 1. The highest BCUT2D eigenvalue weighted by molar-refractivity contribution is 7.99. The van der Waals surface area contributed by atoms with E-state index in [4.69, 9.17) is 4.74 Å². The minimum atomic E-state index is -1.02. The molecule has 4 atom stereocenters. The highest BCUT2D eigenvalue weighted by atomic mass is 32.2. The maximum atomic E-state index is 14.0. The molecule has 5 N–H and O–H groups in total. The largest absolute Gasteiger partial charge is 0.444 e. The van der Waals surface area contributed by atoms with Crippen LogP contribution < -0.4 is 16.0 Å². The lowest BCUT2D eigenvalue weighted by Gasteiger charge is -2.31. The van der Waals surface area contributed by atoms with Crippen molar-refractivity contribution < 1.29 is 24.2 Å². The molecule has 1 aliphatic carbocycles. The number of ether oxygens (including phenoxy) is 1. The summed E-state index contributed by atoms with van der Waals surface area (Å²) in [6.45, 7) is 5.23. The monoisotopic (exact) mass is 668 g/mol. The number of hydrogen-bond donors (Lipinski definition) is 5. The number of aromatic nitrogens is 5. The van der Waals surface area contributed by atoms with Crippen molar-refractivity contribution in [3.05, 3.63) is 60.4 Å². The number of alkyl carbamates (subject to hydrolysis) is 1. The van der Waals surface area contributed by atoms with Gasteiger partial charge < -0.3 is 35.3 Å². The number of hydrogen-bond acceptors (Lipinski definition) is 9. The van der Waals surface area contributed by atoms with Gasteiger partial charge in [0.2, 0.25) is 11.8 Å². The Labute approximate surface area is 280 Å². The molecule has 1 fully saturated rings. The summed E-state index contributed by atoms with van der Waals surface area (Å²) in [6.07, 6.45) is 9.56. The van der Waals surface area contributed by atoms with Gasteiger partial charge in [-0.25, -0.2) is 9.78 Å². The zero-order valence-electron chi connectivity index (χ0n) is 27.6. The van der Waals surface area contributed by atoms with Crippen LogP contribution in [0.1, 0.15) is 70.6 Å². The summed E-state index contributed by atoms with van der Waals surface area (Å²) in [5, 5.41) is 28.7. The third-order valence-corrected chi connectivity index (χ3v) is 9.20. The number of carbonyl (C=O) groups is 3. The maximum absolute atomic E-state index is 14.0. The molecule has 4 rings (SSSR count). The SMILES string of the molecule is Cn1cnnc1SC[C@@H](O)[C@H](CC1CCCCC1)NC(=O)[C@H](Cc1cnc[nH]1)NC(=O)[C@H](Cc1ccccc1)NC(=O)OC(C)(C)C. The third-order valence-electron chi connectivity index (χ3n) is 8.06. The van der Waals surface area contributed by atoms with Gasteiger partial charge in [-0.2, -0.15) is 0 Å². The average Bonchev–Trinajstić information content (AvgIpc) is 3.70. The Hall–Kier alpha value is -3.91. The van der Waals surface area contributed by atoms with E-state index in [9.17, 15) is 19.5 Å². The third kappa shape index (κ3) is 12.0. The Morgan fingerprint density at radius 3 is 2.38 bits per heavy atom. The average molecular weight is 669 g/mol. The van der Waals surface area contributed by atoms with Crippen molar-refractivity contribution in [2.24, 2.45) is 13.0 Å². The minimum absolute atomic E-state index is 0.127. The predicted octanol–water partition coefficient (Wildman–Crippen LogP) is 3.31. The fourth-order valence-corrected chi connectivity index (χ4v) is 6.57. The number of nitrogens with one attached hydrogen (secondary N) is 4. The van der Waals surface area contributed by atoms with Gasteiger partial charge in [0.05, 0.1) is 18.5 Å². The molecular formula is C33H48N8O5S. The lowest BCUT2D eigenvalue weighted by atomic mass is 9.83. The maximum Gasteiger partial charge on any atom is 0.408 e. The number of thioether (sulfide) groups is 1. The van der Waals surface area contributed by atoms with Crippen LogP contribution in [0.4, 0.5) is 4.79 Å². The van der Waals surface area contributed by atoms with Gasteiger partial charge in [0.25, 0.3) is 0 Å². The fourth-order valence-electron chi connectivity index (χ4n) is 5.66. The Morgan fingerprint density at radius 1 is 1.04 bits per heavy atom. The number of nitrogens with zero attached hydrogens (tertiary/aromatic N) is 4. The predicted molar refractivity (Wildman–Crippen MR) is 178 cm³/mol. The standard InChI is InChI=1S/C33H48N8O5S/c1-33(2,3)46-32(45)39-26(16-23-13-9-6-10-14-23)29(43)38-27(17-24-18-34-20-35-24)30(44)37-25(15-22-11-7-5-8-12-22)28(42)19-47-31-40-36-21-41(31)4/h6,9-10,13-14,18,20-22,25-28,42H,5,7-8,11-12,15-17,19H2,1-4H3,(H,34,35)(H,37,44)(H,38,43)(H,39,45)/t25-,26-,27-,28+/m0/s1. The van der Waals surface area contributed by atoms with Gasteiger partial charge in [-0.05, 0) is 38.7 Å². The van der Waals surface area contributed by atoms with E-state index in [-0.39, 0.29) is 12.8 Å². The number of H-pyrrole nitrogens is 1. The van der Waals surface area contributed by atoms with Crippen LogP contribution in [0.15, 0.2) is 54.3 Å². The van der Waals surface area contributed by atoms with Gasteiger partial charge in [0.15, 0.2) is 5.16 Å². The van der Waals surface area contributed by atoms with Crippen LogP contribution in [0.5, 0.6) is 0 Å². The molecule has 14 heteroatoms. The first kappa shape index (κ1) is 35.9. The number of benzene rings is 1. The summed E-state index contributed by atoms with van der Waals surface area (Å²) in [4.78, 5) is 47.7. The van der Waals surface area contributed by atoms with Crippen LogP contribution in [0.25, 0.3) is 0 Å². The summed E-state index contributed by atoms with van der Waals surface area (Å²) in [6, 6.07) is 6.72. The van der Waals surface area contributed by atoms with Gasteiger partial charge >= 0.3 is 6.09 Å². The van der Waals surface area contributed by atoms with Gasteiger partial charge in [-0.3, -0.25) is 9.59 Å². The molecule has 1 aromatic carbocycles. The highest BCUT2D eigenvalue weighted by Crippen LogP contribution is 2.29. The van der Waals surface area contributed by atoms with Crippen molar-refractivity contribution in [2.75, 3.05) is 5.75 Å². The van der Waals surface area contributed by atoms with Crippen LogP contribution in [0, 0.1) is 5.92 Å². The molecule has 3 amide bonds. The summed E-state index contributed by atoms with van der Waals surface area (Å²) in [5.41, 5.74) is 0.710. The molecule has 256 valence electrons. The first-order chi connectivity index (χ1) is 22.5. The lowest BCUT2D eigenvalue weighted by Crippen LogP contribution is -2.58. The van der Waals surface area contributed by atoms with Crippen LogP contribution >= 0.6 is 11.8 Å². The second-order valence-corrected chi connectivity index (χ2v) is 14.2. The molecule has 0 aliphatic heterocycles. The van der Waals surface area contributed by atoms with E-state index < -0.39 is 47.7 Å². The van der Waals surface area contributed by atoms with E-state index in [1.807, 2.05) is 37.4 Å². The second-order valence-electron chi connectivity index (χ2n) is 13.2. The molecule has 0 spiro atoms. The Balaban J connectivity index is 1.52. The van der Waals surface area contributed by atoms with E-state index in [1.165, 1.54) is 24.5 Å². The van der Waals surface area contributed by atoms with Gasteiger partial charge in [0, 0.05) is 37.5 Å². The molecule has 1 aliphatic rings. The number of aliphatic hydroxyl groups is 1. The van der Waals surface area contributed by atoms with E-state index in [0.717, 1.165) is 31.2 Å². The molecule has 3 aromatic rings. The molecular weight excluding hydrogens is 620 g/mol. The molecule has 1 saturated carbocycles. The molecule has 47 heavy (non-hydrogen) atoms. The Morgan fingerprint density at radius 2 is 1.74 bits per heavy atom. The molecule has 0 unspecified atom stereocenters. The van der Waals surface area contributed by atoms with Gasteiger partial charge in [0.1, 0.15) is 24.0 Å². The number of aromatic amines is 1.